The lowest BCUT2D eigenvalue weighted by molar-refractivity contribution is -0.138. The number of ether oxygens (including phenoxy) is 2. The molecule has 6 atom stereocenters. The summed E-state index contributed by atoms with van der Waals surface area (Å²) in [5, 5.41) is 11.0. The zero-order chi connectivity index (χ0) is 26.9. The van der Waals surface area contributed by atoms with Gasteiger partial charge in [-0.2, -0.15) is 9.80 Å². The summed E-state index contributed by atoms with van der Waals surface area (Å²) in [6.45, 7) is 0. The van der Waals surface area contributed by atoms with Crippen molar-refractivity contribution in [2.45, 2.75) is 18.8 Å². The van der Waals surface area contributed by atoms with Crippen molar-refractivity contribution in [3.05, 3.63) is 29.3 Å². The van der Waals surface area contributed by atoms with Gasteiger partial charge in [-0.05, 0) is 18.8 Å². The van der Waals surface area contributed by atoms with Crippen LogP contribution in [0.1, 0.15) is 24.3 Å². The number of carbonyl (C=O) groups is 6. The second-order valence-corrected chi connectivity index (χ2v) is 9.49. The number of imide groups is 6. The minimum absolute atomic E-state index is 0.0482. The quantitative estimate of drug-likeness (QED) is 0.374. The fourth-order valence-electron chi connectivity index (χ4n) is 6.53. The highest BCUT2D eigenvalue weighted by molar-refractivity contribution is 6.18. The van der Waals surface area contributed by atoms with E-state index in [1.807, 2.05) is 0 Å². The molecule has 1 aromatic rings. The number of aromatic hydroxyl groups is 1. The van der Waals surface area contributed by atoms with Crippen molar-refractivity contribution >= 4 is 35.7 Å². The average Bonchev–Trinajstić information content (AvgIpc) is 3.26. The van der Waals surface area contributed by atoms with Crippen molar-refractivity contribution < 1.29 is 43.3 Å². The number of phenolic OH excluding ortho intramolecular Hbond substituents is 1. The van der Waals surface area contributed by atoms with Crippen molar-refractivity contribution in [1.29, 1.82) is 0 Å². The number of nitrogens with zero attached hydrogens (tertiary/aromatic N) is 2. The van der Waals surface area contributed by atoms with Gasteiger partial charge >= 0.3 is 12.1 Å². The van der Waals surface area contributed by atoms with Crippen LogP contribution in [0, 0.1) is 29.6 Å². The molecule has 13 nitrogen and oxygen atoms in total. The molecule has 5 N–H and O–H groups in total. The van der Waals surface area contributed by atoms with E-state index in [-0.39, 0.29) is 35.7 Å². The summed E-state index contributed by atoms with van der Waals surface area (Å²) in [5.41, 5.74) is 11.3. The lowest BCUT2D eigenvalue weighted by Gasteiger charge is -2.44. The Morgan fingerprint density at radius 2 is 1.46 bits per heavy atom. The molecule has 2 aliphatic carbocycles. The number of carbonyl (C=O) groups excluding carboxylic acids is 6. The number of benzene rings is 1. The summed E-state index contributed by atoms with van der Waals surface area (Å²) in [6, 6.07) is 0.370. The van der Waals surface area contributed by atoms with Crippen molar-refractivity contribution in [1.82, 2.24) is 9.80 Å². The highest BCUT2D eigenvalue weighted by Crippen LogP contribution is 2.60. The van der Waals surface area contributed by atoms with Crippen molar-refractivity contribution in [2.24, 2.45) is 41.1 Å². The molecular formula is C24H24N4O9. The number of phenols is 1. The van der Waals surface area contributed by atoms with Gasteiger partial charge in [0.25, 0.3) is 0 Å². The molecule has 37 heavy (non-hydrogen) atoms. The topological polar surface area (TPSA) is 200 Å². The molecule has 4 aliphatic rings. The third kappa shape index (κ3) is 3.22. The third-order valence-corrected chi connectivity index (χ3v) is 7.95. The number of likely N-dealkylation sites (tertiary alicyclic amines) is 2. The minimum atomic E-state index is -1.24. The third-order valence-electron chi connectivity index (χ3n) is 7.95. The van der Waals surface area contributed by atoms with Gasteiger partial charge in [0.05, 0.1) is 37.9 Å². The van der Waals surface area contributed by atoms with Gasteiger partial charge in [-0.15, -0.1) is 0 Å². The molecule has 0 radical (unpaired) electrons. The fraction of sp³-hybridized carbons (Fsp3) is 0.417. The van der Waals surface area contributed by atoms with E-state index in [0.29, 0.717) is 15.4 Å². The standard InChI is InChI=1S/C24H24N4O9/c1-36-8-5-13(29)18(14(6-8)37-2)16-9-3-4-10-15(21(32)27(19(10)30)23(25)34)11(9)7-12-17(16)22(33)28(20(12)31)24(26)35/h3,5-6,10-12,15-17,29H,4,7H2,1-2H3,(H2,25,34)(H2,26,35). The number of hydrogen-bond acceptors (Lipinski definition) is 9. The Labute approximate surface area is 209 Å². The molecule has 2 saturated heterocycles. The Balaban J connectivity index is 1.72. The number of urea groups is 2. The summed E-state index contributed by atoms with van der Waals surface area (Å²) in [6.07, 6.45) is 1.71. The molecule has 1 aromatic carbocycles. The second-order valence-electron chi connectivity index (χ2n) is 9.49. The number of fused-ring (bicyclic) bond motifs is 4. The van der Waals surface area contributed by atoms with E-state index in [4.69, 9.17) is 20.9 Å². The van der Waals surface area contributed by atoms with Gasteiger partial charge in [0.2, 0.25) is 23.6 Å². The maximum atomic E-state index is 13.4. The molecule has 2 heterocycles. The van der Waals surface area contributed by atoms with E-state index in [1.165, 1.54) is 26.4 Å². The Bertz CT molecular complexity index is 1320. The molecule has 2 aliphatic heterocycles. The van der Waals surface area contributed by atoms with E-state index >= 15 is 0 Å². The van der Waals surface area contributed by atoms with Gasteiger partial charge in [0.15, 0.2) is 0 Å². The minimum Gasteiger partial charge on any atom is -0.507 e. The SMILES string of the molecule is COc1cc(O)c(C2C3=CCC4C(=O)N(C(N)=O)C(=O)C4C3CC3C(=O)N(C(N)=O)C(=O)C32)c(OC)c1. The highest BCUT2D eigenvalue weighted by atomic mass is 16.5. The van der Waals surface area contributed by atoms with E-state index in [9.17, 15) is 33.9 Å². The van der Waals surface area contributed by atoms with Crippen LogP contribution in [0.15, 0.2) is 23.8 Å². The zero-order valence-electron chi connectivity index (χ0n) is 19.9. The summed E-state index contributed by atoms with van der Waals surface area (Å²) in [7, 11) is 2.74. The van der Waals surface area contributed by atoms with Gasteiger partial charge < -0.3 is 26.0 Å². The van der Waals surface area contributed by atoms with Gasteiger partial charge in [-0.1, -0.05) is 11.6 Å². The largest absolute Gasteiger partial charge is 0.507 e. The number of amides is 8. The summed E-state index contributed by atoms with van der Waals surface area (Å²) in [5.74, 6) is -8.93. The summed E-state index contributed by atoms with van der Waals surface area (Å²) in [4.78, 5) is 77.4. The highest BCUT2D eigenvalue weighted by Gasteiger charge is 2.63. The number of primary amides is 2. The Morgan fingerprint density at radius 1 is 0.865 bits per heavy atom. The molecule has 0 aromatic heterocycles. The first-order valence-electron chi connectivity index (χ1n) is 11.5. The second kappa shape index (κ2) is 8.32. The van der Waals surface area contributed by atoms with Crippen molar-refractivity contribution in [3.63, 3.8) is 0 Å². The van der Waals surface area contributed by atoms with Crippen LogP contribution in [0.25, 0.3) is 0 Å². The first-order chi connectivity index (χ1) is 17.5. The van der Waals surface area contributed by atoms with E-state index in [1.54, 1.807) is 6.08 Å². The Morgan fingerprint density at radius 3 is 2.03 bits per heavy atom. The van der Waals surface area contributed by atoms with Gasteiger partial charge in [0, 0.05) is 23.6 Å². The van der Waals surface area contributed by atoms with E-state index in [2.05, 4.69) is 0 Å². The molecule has 0 bridgehead atoms. The van der Waals surface area contributed by atoms with E-state index < -0.39 is 71.2 Å². The number of methoxy groups -OCH3 is 2. The van der Waals surface area contributed by atoms with Gasteiger partial charge in [0.1, 0.15) is 17.2 Å². The molecule has 13 heteroatoms. The lowest BCUT2D eigenvalue weighted by Crippen LogP contribution is -2.44. The molecule has 3 fully saturated rings. The first-order valence-corrected chi connectivity index (χ1v) is 11.5. The smallest absolute Gasteiger partial charge is 0.328 e. The maximum absolute atomic E-state index is 13.4. The average molecular weight is 512 g/mol. The maximum Gasteiger partial charge on any atom is 0.328 e. The Hall–Kier alpha value is -4.42. The summed E-state index contributed by atoms with van der Waals surface area (Å²) >= 11 is 0. The van der Waals surface area contributed by atoms with Gasteiger partial charge in [-0.3, -0.25) is 19.2 Å². The van der Waals surface area contributed by atoms with Crippen LogP contribution in [-0.4, -0.2) is 64.8 Å². The molecule has 1 saturated carbocycles. The number of rotatable bonds is 3. The fourth-order valence-corrected chi connectivity index (χ4v) is 6.53. The number of nitrogens with two attached hydrogens (primary N) is 2. The molecule has 6 unspecified atom stereocenters. The predicted octanol–water partition coefficient (Wildman–Crippen LogP) is 0.203. The monoisotopic (exact) mass is 512 g/mol. The molecular weight excluding hydrogens is 488 g/mol. The van der Waals surface area contributed by atoms with Crippen LogP contribution < -0.4 is 20.9 Å². The van der Waals surface area contributed by atoms with Crippen LogP contribution in [0.5, 0.6) is 17.2 Å². The number of hydrogen-bond donors (Lipinski definition) is 3. The molecule has 8 amide bonds. The molecule has 0 spiro atoms. The van der Waals surface area contributed by atoms with E-state index in [0.717, 1.165) is 0 Å². The van der Waals surface area contributed by atoms with Gasteiger partial charge in [-0.25, -0.2) is 9.59 Å². The molecule has 194 valence electrons. The van der Waals surface area contributed by atoms with Crippen LogP contribution in [0.4, 0.5) is 9.59 Å². The van der Waals surface area contributed by atoms with Crippen LogP contribution in [0.3, 0.4) is 0 Å². The zero-order valence-corrected chi connectivity index (χ0v) is 19.9. The van der Waals surface area contributed by atoms with Crippen LogP contribution >= 0.6 is 0 Å². The lowest BCUT2D eigenvalue weighted by atomic mass is 9.57. The Kier molecular flexibility index (Phi) is 5.46. The normalized spacial score (nSPS) is 30.5. The van der Waals surface area contributed by atoms with Crippen LogP contribution in [-0.2, 0) is 19.2 Å². The van der Waals surface area contributed by atoms with Crippen molar-refractivity contribution in [3.8, 4) is 17.2 Å². The first kappa shape index (κ1) is 24.3. The molecule has 5 rings (SSSR count). The van der Waals surface area contributed by atoms with Crippen molar-refractivity contribution in [2.75, 3.05) is 14.2 Å². The van der Waals surface area contributed by atoms with Crippen LogP contribution in [0.2, 0.25) is 0 Å². The predicted molar refractivity (Wildman–Crippen MR) is 122 cm³/mol. The number of allylic oxidation sites excluding steroid dienone is 2. The summed E-state index contributed by atoms with van der Waals surface area (Å²) < 4.78 is 10.7.